The van der Waals surface area contributed by atoms with Gasteiger partial charge in [-0.25, -0.2) is 4.68 Å². The molecule has 1 spiro atoms. The molecule has 2 aliphatic rings. The van der Waals surface area contributed by atoms with Gasteiger partial charge in [0.15, 0.2) is 0 Å². The van der Waals surface area contributed by atoms with Crippen LogP contribution in [0.25, 0.3) is 0 Å². The minimum atomic E-state index is -0.594. The quantitative estimate of drug-likeness (QED) is 0.778. The lowest BCUT2D eigenvalue weighted by atomic mass is 9.83. The summed E-state index contributed by atoms with van der Waals surface area (Å²) in [5.74, 6) is -0.259. The topological polar surface area (TPSA) is 93.2 Å². The largest absolute Gasteiger partial charge is 0.365 e. The van der Waals surface area contributed by atoms with Crippen molar-refractivity contribution in [3.05, 3.63) is 10.2 Å². The monoisotopic (exact) mass is 341 g/mol. The number of halogens is 1. The third-order valence-corrected chi connectivity index (χ3v) is 4.76. The number of hydrogen-bond donors (Lipinski definition) is 2. The number of rotatable bonds is 1. The van der Waals surface area contributed by atoms with Crippen molar-refractivity contribution in [3.63, 3.8) is 0 Å². The molecule has 3 rings (SSSR count). The highest BCUT2D eigenvalue weighted by atomic mass is 79.9. The number of anilines is 1. The van der Waals surface area contributed by atoms with Crippen molar-refractivity contribution in [1.82, 2.24) is 14.7 Å². The number of amides is 2. The van der Waals surface area contributed by atoms with E-state index >= 15 is 0 Å². The molecule has 108 valence electrons. The Labute approximate surface area is 124 Å². The maximum Gasteiger partial charge on any atom is 0.255 e. The normalized spacial score (nSPS) is 21.6. The fraction of sp³-hybridized carbons (Fsp3) is 0.583. The molecule has 0 aliphatic carbocycles. The lowest BCUT2D eigenvalue weighted by Gasteiger charge is -2.43. The molecular formula is C12H16BrN5O2. The molecule has 7 nitrogen and oxygen atoms in total. The summed E-state index contributed by atoms with van der Waals surface area (Å²) in [7, 11) is 2.06. The summed E-state index contributed by atoms with van der Waals surface area (Å²) in [6, 6.07) is 0. The van der Waals surface area contributed by atoms with Gasteiger partial charge in [-0.15, -0.1) is 0 Å². The van der Waals surface area contributed by atoms with Gasteiger partial charge in [-0.05, 0) is 35.8 Å². The first kappa shape index (κ1) is 13.6. The summed E-state index contributed by atoms with van der Waals surface area (Å²) in [6.45, 7) is 1.80. The van der Waals surface area contributed by atoms with Crippen LogP contribution in [0.4, 0.5) is 5.82 Å². The molecule has 0 aromatic carbocycles. The zero-order valence-corrected chi connectivity index (χ0v) is 12.7. The molecule has 1 aromatic heterocycles. The van der Waals surface area contributed by atoms with E-state index in [0.717, 1.165) is 25.9 Å². The Morgan fingerprint density at radius 3 is 2.70 bits per heavy atom. The highest BCUT2D eigenvalue weighted by molar-refractivity contribution is 9.10. The van der Waals surface area contributed by atoms with Crippen LogP contribution < -0.4 is 11.1 Å². The maximum absolute atomic E-state index is 12.0. The number of nitrogens with zero attached hydrogens (tertiary/aromatic N) is 3. The van der Waals surface area contributed by atoms with Gasteiger partial charge in [0.25, 0.3) is 5.91 Å². The van der Waals surface area contributed by atoms with Crippen molar-refractivity contribution in [2.24, 2.45) is 5.73 Å². The van der Waals surface area contributed by atoms with Crippen LogP contribution in [0, 0.1) is 0 Å². The molecule has 3 heterocycles. The zero-order chi connectivity index (χ0) is 14.5. The van der Waals surface area contributed by atoms with E-state index in [1.54, 1.807) is 4.68 Å². The zero-order valence-electron chi connectivity index (χ0n) is 11.1. The van der Waals surface area contributed by atoms with Gasteiger partial charge < -0.3 is 16.0 Å². The second-order valence-electron chi connectivity index (χ2n) is 5.54. The molecule has 3 N–H and O–H groups in total. The number of carbonyl (C=O) groups excluding carboxylic acids is 2. The van der Waals surface area contributed by atoms with E-state index in [0.29, 0.717) is 16.8 Å². The highest BCUT2D eigenvalue weighted by Crippen LogP contribution is 2.41. The highest BCUT2D eigenvalue weighted by Gasteiger charge is 2.44. The number of carbonyl (C=O) groups is 2. The number of hydrogen-bond acceptors (Lipinski definition) is 4. The third-order valence-electron chi connectivity index (χ3n) is 4.20. The second kappa shape index (κ2) is 4.56. The molecule has 0 bridgehead atoms. The summed E-state index contributed by atoms with van der Waals surface area (Å²) in [5.41, 5.74) is 5.29. The van der Waals surface area contributed by atoms with Crippen LogP contribution in [0.1, 0.15) is 29.6 Å². The Bertz CT molecular complexity index is 589. The number of piperidine rings is 1. The number of nitrogens with two attached hydrogens (primary N) is 1. The molecule has 1 fully saturated rings. The minimum absolute atomic E-state index is 0.0862. The molecule has 0 saturated carbocycles. The van der Waals surface area contributed by atoms with E-state index in [1.807, 2.05) is 0 Å². The van der Waals surface area contributed by atoms with Crippen LogP contribution >= 0.6 is 15.9 Å². The number of fused-ring (bicyclic) bond motifs is 2. The van der Waals surface area contributed by atoms with E-state index in [2.05, 4.69) is 38.3 Å². The summed E-state index contributed by atoms with van der Waals surface area (Å²) in [5, 5.41) is 7.14. The van der Waals surface area contributed by atoms with Gasteiger partial charge in [0, 0.05) is 13.1 Å². The Kier molecular flexibility index (Phi) is 3.09. The van der Waals surface area contributed by atoms with Crippen molar-refractivity contribution >= 4 is 33.6 Å². The van der Waals surface area contributed by atoms with Crippen LogP contribution in [0.15, 0.2) is 4.60 Å². The molecule has 2 amide bonds. The smallest absolute Gasteiger partial charge is 0.255 e. The van der Waals surface area contributed by atoms with Gasteiger partial charge in [0.1, 0.15) is 16.0 Å². The second-order valence-corrected chi connectivity index (χ2v) is 6.29. The third kappa shape index (κ3) is 1.94. The minimum Gasteiger partial charge on any atom is -0.365 e. The molecule has 20 heavy (non-hydrogen) atoms. The lowest BCUT2D eigenvalue weighted by Crippen LogP contribution is -2.50. The first-order valence-corrected chi connectivity index (χ1v) is 7.29. The summed E-state index contributed by atoms with van der Waals surface area (Å²) in [4.78, 5) is 25.8. The predicted octanol–water partition coefficient (Wildman–Crippen LogP) is 0.508. The van der Waals surface area contributed by atoms with Crippen LogP contribution in [0.3, 0.4) is 0 Å². The van der Waals surface area contributed by atoms with E-state index in [1.165, 1.54) is 0 Å². The molecule has 1 saturated heterocycles. The van der Waals surface area contributed by atoms with Crippen molar-refractivity contribution < 1.29 is 9.59 Å². The standard InChI is InChI=1S/C12H16BrN5O2/c1-17-4-2-12(3-5-17)6-7(19)15-11-8(10(14)20)9(13)16-18(11)12/h2-6H2,1H3,(H2,14,20)(H,15,19). The van der Waals surface area contributed by atoms with Gasteiger partial charge >= 0.3 is 0 Å². The first-order chi connectivity index (χ1) is 9.43. The van der Waals surface area contributed by atoms with Gasteiger partial charge in [0.05, 0.1) is 12.0 Å². The lowest BCUT2D eigenvalue weighted by molar-refractivity contribution is -0.120. The molecule has 0 radical (unpaired) electrons. The maximum atomic E-state index is 12.0. The van der Waals surface area contributed by atoms with Crippen molar-refractivity contribution in [3.8, 4) is 0 Å². The average molecular weight is 342 g/mol. The Hall–Kier alpha value is -1.41. The van der Waals surface area contributed by atoms with Gasteiger partial charge in [-0.2, -0.15) is 5.10 Å². The Balaban J connectivity index is 2.12. The molecule has 2 aliphatic heterocycles. The van der Waals surface area contributed by atoms with Crippen LogP contribution in [0.2, 0.25) is 0 Å². The number of primary amides is 1. The van der Waals surface area contributed by atoms with Crippen LogP contribution in [0.5, 0.6) is 0 Å². The molecule has 1 aromatic rings. The van der Waals surface area contributed by atoms with Gasteiger partial charge in [-0.3, -0.25) is 9.59 Å². The average Bonchev–Trinajstić information content (AvgIpc) is 2.70. The van der Waals surface area contributed by atoms with Crippen molar-refractivity contribution in [1.29, 1.82) is 0 Å². The fourth-order valence-electron chi connectivity index (χ4n) is 3.04. The van der Waals surface area contributed by atoms with E-state index in [9.17, 15) is 9.59 Å². The molecule has 0 atom stereocenters. The van der Waals surface area contributed by atoms with Crippen LogP contribution in [-0.4, -0.2) is 46.6 Å². The van der Waals surface area contributed by atoms with E-state index < -0.39 is 5.91 Å². The molecular weight excluding hydrogens is 326 g/mol. The summed E-state index contributed by atoms with van der Waals surface area (Å²) < 4.78 is 2.17. The van der Waals surface area contributed by atoms with E-state index in [4.69, 9.17) is 5.73 Å². The van der Waals surface area contributed by atoms with Crippen molar-refractivity contribution in [2.75, 3.05) is 25.5 Å². The van der Waals surface area contributed by atoms with Crippen molar-refractivity contribution in [2.45, 2.75) is 24.8 Å². The summed E-state index contributed by atoms with van der Waals surface area (Å²) in [6.07, 6.45) is 2.05. The first-order valence-electron chi connectivity index (χ1n) is 6.50. The van der Waals surface area contributed by atoms with E-state index in [-0.39, 0.29) is 17.0 Å². The number of aromatic nitrogens is 2. The predicted molar refractivity (Wildman–Crippen MR) is 76.4 cm³/mol. The number of nitrogens with one attached hydrogen (secondary N) is 1. The SMILES string of the molecule is CN1CCC2(CC1)CC(=O)Nc1c(C(N)=O)c(Br)nn12. The molecule has 8 heteroatoms. The summed E-state index contributed by atoms with van der Waals surface area (Å²) >= 11 is 3.27. The van der Waals surface area contributed by atoms with Crippen LogP contribution in [-0.2, 0) is 10.3 Å². The fourth-order valence-corrected chi connectivity index (χ4v) is 3.58. The molecule has 0 unspecified atom stereocenters. The Morgan fingerprint density at radius 1 is 1.45 bits per heavy atom. The van der Waals surface area contributed by atoms with Gasteiger partial charge in [0.2, 0.25) is 5.91 Å². The van der Waals surface area contributed by atoms with Gasteiger partial charge in [-0.1, -0.05) is 0 Å². The number of likely N-dealkylation sites (tertiary alicyclic amines) is 1. The Morgan fingerprint density at radius 2 is 2.10 bits per heavy atom.